The van der Waals surface area contributed by atoms with E-state index in [-0.39, 0.29) is 11.4 Å². The summed E-state index contributed by atoms with van der Waals surface area (Å²) in [6.07, 6.45) is 4.89. The lowest BCUT2D eigenvalue weighted by atomic mass is 9.95. The van der Waals surface area contributed by atoms with Crippen molar-refractivity contribution in [3.8, 4) is 11.4 Å². The minimum absolute atomic E-state index is 0.00772. The molecule has 2 saturated heterocycles. The van der Waals surface area contributed by atoms with Crippen LogP contribution in [0.1, 0.15) is 16.8 Å². The molecule has 1 amide bonds. The molecule has 0 radical (unpaired) electrons. The lowest BCUT2D eigenvalue weighted by Gasteiger charge is -2.43. The van der Waals surface area contributed by atoms with Crippen molar-refractivity contribution >= 4 is 29.3 Å². The van der Waals surface area contributed by atoms with Crippen LogP contribution >= 0.6 is 23.4 Å². The second-order valence-corrected chi connectivity index (χ2v) is 8.92. The average Bonchev–Trinajstić information content (AvgIpc) is 3.45. The van der Waals surface area contributed by atoms with E-state index in [1.807, 2.05) is 40.9 Å². The van der Waals surface area contributed by atoms with Gasteiger partial charge in [-0.05, 0) is 30.4 Å². The summed E-state index contributed by atoms with van der Waals surface area (Å²) in [5.41, 5.74) is 1.23. The van der Waals surface area contributed by atoms with Crippen molar-refractivity contribution < 1.29 is 14.3 Å². The van der Waals surface area contributed by atoms with Crippen LogP contribution in [0.5, 0.6) is 5.75 Å². The maximum absolute atomic E-state index is 13.0. The minimum atomic E-state index is -0.160. The van der Waals surface area contributed by atoms with Crippen LogP contribution in [-0.2, 0) is 4.74 Å². The standard InChI is InChI=1S/C21H26ClN3O3S/c1-27-19-13-18(24-5-2-3-6-24)17(22)12-16(19)20(26)23-14-21(4-11-29-15-21)25-7-9-28-10-8-25/h2-3,5-6,12-13H,4,7-11,14-15H2,1H3,(H,23,26). The molecule has 2 fully saturated rings. The van der Waals surface area contributed by atoms with Gasteiger partial charge in [0, 0.05) is 49.4 Å². The Labute approximate surface area is 180 Å². The van der Waals surface area contributed by atoms with E-state index in [4.69, 9.17) is 21.1 Å². The molecule has 2 aliphatic rings. The highest BCUT2D eigenvalue weighted by Gasteiger charge is 2.41. The number of amides is 1. The molecular formula is C21H26ClN3O3S. The fourth-order valence-electron chi connectivity index (χ4n) is 4.06. The summed E-state index contributed by atoms with van der Waals surface area (Å²) in [6, 6.07) is 7.35. The summed E-state index contributed by atoms with van der Waals surface area (Å²) in [7, 11) is 1.57. The zero-order chi connectivity index (χ0) is 20.3. The molecular weight excluding hydrogens is 410 g/mol. The highest BCUT2D eigenvalue weighted by Crippen LogP contribution is 2.34. The number of benzene rings is 1. The molecule has 0 saturated carbocycles. The van der Waals surface area contributed by atoms with E-state index in [0.29, 0.717) is 22.9 Å². The Morgan fingerprint density at radius 3 is 2.72 bits per heavy atom. The Kier molecular flexibility index (Phi) is 6.39. The number of ether oxygens (including phenoxy) is 2. The van der Waals surface area contributed by atoms with E-state index in [1.165, 1.54) is 0 Å². The molecule has 4 rings (SSSR count). The zero-order valence-corrected chi connectivity index (χ0v) is 18.1. The normalized spacial score (nSPS) is 22.6. The van der Waals surface area contributed by atoms with Crippen LogP contribution in [0.25, 0.3) is 5.69 Å². The lowest BCUT2D eigenvalue weighted by Crippen LogP contribution is -2.59. The molecule has 2 aliphatic heterocycles. The van der Waals surface area contributed by atoms with Gasteiger partial charge in [-0.25, -0.2) is 0 Å². The Bertz CT molecular complexity index is 847. The zero-order valence-electron chi connectivity index (χ0n) is 16.5. The number of carbonyl (C=O) groups is 1. The van der Waals surface area contributed by atoms with Gasteiger partial charge < -0.3 is 19.4 Å². The van der Waals surface area contributed by atoms with Crippen LogP contribution in [-0.4, -0.2) is 72.4 Å². The Balaban J connectivity index is 1.52. The number of carbonyl (C=O) groups excluding carboxylic acids is 1. The van der Waals surface area contributed by atoms with E-state index in [9.17, 15) is 4.79 Å². The predicted molar refractivity (Wildman–Crippen MR) is 117 cm³/mol. The lowest BCUT2D eigenvalue weighted by molar-refractivity contribution is -0.0129. The van der Waals surface area contributed by atoms with Crippen LogP contribution in [0.3, 0.4) is 0 Å². The maximum Gasteiger partial charge on any atom is 0.255 e. The molecule has 0 aliphatic carbocycles. The number of halogens is 1. The summed E-state index contributed by atoms with van der Waals surface area (Å²) in [5.74, 6) is 2.50. The number of nitrogens with zero attached hydrogens (tertiary/aromatic N) is 2. The monoisotopic (exact) mass is 435 g/mol. The number of methoxy groups -OCH3 is 1. The van der Waals surface area contributed by atoms with Crippen molar-refractivity contribution in [1.82, 2.24) is 14.8 Å². The van der Waals surface area contributed by atoms with Crippen molar-refractivity contribution in [1.29, 1.82) is 0 Å². The fourth-order valence-corrected chi connectivity index (χ4v) is 5.80. The average molecular weight is 436 g/mol. The molecule has 3 heterocycles. The van der Waals surface area contributed by atoms with Crippen molar-refractivity contribution in [3.05, 3.63) is 47.2 Å². The van der Waals surface area contributed by atoms with Crippen molar-refractivity contribution in [2.75, 3.05) is 51.5 Å². The number of aromatic nitrogens is 1. The highest BCUT2D eigenvalue weighted by molar-refractivity contribution is 7.99. The van der Waals surface area contributed by atoms with Crippen molar-refractivity contribution in [3.63, 3.8) is 0 Å². The smallest absolute Gasteiger partial charge is 0.255 e. The summed E-state index contributed by atoms with van der Waals surface area (Å²) >= 11 is 8.44. The summed E-state index contributed by atoms with van der Waals surface area (Å²) in [6.45, 7) is 3.95. The summed E-state index contributed by atoms with van der Waals surface area (Å²) < 4.78 is 12.9. The first kappa shape index (κ1) is 20.6. The van der Waals surface area contributed by atoms with Crippen LogP contribution in [0.4, 0.5) is 0 Å². The quantitative estimate of drug-likeness (QED) is 0.755. The number of hydrogen-bond acceptors (Lipinski definition) is 5. The molecule has 156 valence electrons. The van der Waals surface area contributed by atoms with Gasteiger partial charge in [-0.15, -0.1) is 0 Å². The van der Waals surface area contributed by atoms with Gasteiger partial charge in [-0.1, -0.05) is 11.6 Å². The second kappa shape index (κ2) is 9.00. The molecule has 1 atom stereocenters. The third kappa shape index (κ3) is 4.28. The largest absolute Gasteiger partial charge is 0.496 e. The number of thioether (sulfide) groups is 1. The third-order valence-corrected chi connectivity index (χ3v) is 7.28. The first-order chi connectivity index (χ1) is 14.1. The van der Waals surface area contributed by atoms with E-state index in [0.717, 1.165) is 49.9 Å². The van der Waals surface area contributed by atoms with Crippen molar-refractivity contribution in [2.45, 2.75) is 12.0 Å². The van der Waals surface area contributed by atoms with Crippen LogP contribution < -0.4 is 10.1 Å². The SMILES string of the molecule is COc1cc(-n2cccc2)c(Cl)cc1C(=O)NCC1(N2CCOCC2)CCSC1. The minimum Gasteiger partial charge on any atom is -0.496 e. The number of nitrogens with one attached hydrogen (secondary N) is 1. The number of hydrogen-bond donors (Lipinski definition) is 1. The Hall–Kier alpha value is -1.67. The molecule has 6 nitrogen and oxygen atoms in total. The van der Waals surface area contributed by atoms with Gasteiger partial charge in [-0.2, -0.15) is 11.8 Å². The van der Waals surface area contributed by atoms with Gasteiger partial charge in [0.2, 0.25) is 0 Å². The van der Waals surface area contributed by atoms with E-state index < -0.39 is 0 Å². The first-order valence-corrected chi connectivity index (χ1v) is 11.4. The molecule has 1 N–H and O–H groups in total. The predicted octanol–water partition coefficient (Wildman–Crippen LogP) is 3.08. The molecule has 2 aromatic rings. The van der Waals surface area contributed by atoms with Gasteiger partial charge in [-0.3, -0.25) is 9.69 Å². The summed E-state index contributed by atoms with van der Waals surface area (Å²) in [4.78, 5) is 15.5. The Morgan fingerprint density at radius 2 is 2.07 bits per heavy atom. The topological polar surface area (TPSA) is 55.7 Å². The first-order valence-electron chi connectivity index (χ1n) is 9.83. The molecule has 0 spiro atoms. The van der Waals surface area contributed by atoms with E-state index >= 15 is 0 Å². The summed E-state index contributed by atoms with van der Waals surface area (Å²) in [5, 5.41) is 3.66. The van der Waals surface area contributed by atoms with Crippen LogP contribution in [0.15, 0.2) is 36.7 Å². The fraction of sp³-hybridized carbons (Fsp3) is 0.476. The molecule has 29 heavy (non-hydrogen) atoms. The van der Waals surface area contributed by atoms with Gasteiger partial charge in [0.05, 0.1) is 36.6 Å². The van der Waals surface area contributed by atoms with Crippen molar-refractivity contribution in [2.24, 2.45) is 0 Å². The van der Waals surface area contributed by atoms with E-state index in [2.05, 4.69) is 10.2 Å². The molecule has 1 aromatic carbocycles. The number of morpholine rings is 1. The maximum atomic E-state index is 13.0. The highest BCUT2D eigenvalue weighted by atomic mass is 35.5. The second-order valence-electron chi connectivity index (χ2n) is 7.40. The Morgan fingerprint density at radius 1 is 1.31 bits per heavy atom. The van der Waals surface area contributed by atoms with Gasteiger partial charge in [0.1, 0.15) is 5.75 Å². The molecule has 1 unspecified atom stereocenters. The van der Waals surface area contributed by atoms with E-state index in [1.54, 1.807) is 19.2 Å². The number of rotatable bonds is 6. The molecule has 0 bridgehead atoms. The van der Waals surface area contributed by atoms with Gasteiger partial charge in [0.25, 0.3) is 5.91 Å². The van der Waals surface area contributed by atoms with Crippen LogP contribution in [0.2, 0.25) is 5.02 Å². The van der Waals surface area contributed by atoms with Gasteiger partial charge in [0.15, 0.2) is 0 Å². The molecule has 8 heteroatoms. The van der Waals surface area contributed by atoms with Crippen LogP contribution in [0, 0.1) is 0 Å². The third-order valence-electron chi connectivity index (χ3n) is 5.74. The van der Waals surface area contributed by atoms with Gasteiger partial charge >= 0.3 is 0 Å². The molecule has 1 aromatic heterocycles.